The van der Waals surface area contributed by atoms with Crippen molar-refractivity contribution in [2.24, 2.45) is 0 Å². The van der Waals surface area contributed by atoms with Crippen LogP contribution in [0.1, 0.15) is 5.56 Å². The zero-order valence-electron chi connectivity index (χ0n) is 9.13. The van der Waals surface area contributed by atoms with Gasteiger partial charge >= 0.3 is 0 Å². The molecule has 0 radical (unpaired) electrons. The zero-order chi connectivity index (χ0) is 12.0. The van der Waals surface area contributed by atoms with Crippen molar-refractivity contribution < 1.29 is 0 Å². The van der Waals surface area contributed by atoms with E-state index in [1.807, 2.05) is 12.1 Å². The van der Waals surface area contributed by atoms with Crippen LogP contribution in [0.3, 0.4) is 0 Å². The molecule has 0 amide bonds. The topological polar surface area (TPSA) is 3.24 Å². The Balaban J connectivity index is 0.00000256. The van der Waals surface area contributed by atoms with Crippen LogP contribution in [-0.4, -0.2) is 29.7 Å². The van der Waals surface area contributed by atoms with E-state index in [1.54, 1.807) is 6.07 Å². The molecule has 0 saturated heterocycles. The minimum Gasteiger partial charge on any atom is -0.297 e. The van der Waals surface area contributed by atoms with E-state index in [2.05, 4.69) is 4.90 Å². The monoisotopic (exact) mass is 335 g/mol. The molecule has 1 aromatic rings. The Kier molecular flexibility index (Phi) is 9.90. The van der Waals surface area contributed by atoms with Gasteiger partial charge in [-0.25, -0.2) is 0 Å². The van der Waals surface area contributed by atoms with E-state index in [0.717, 1.165) is 25.2 Å². The largest absolute Gasteiger partial charge is 0.297 e. The van der Waals surface area contributed by atoms with Crippen LogP contribution in [0.4, 0.5) is 0 Å². The molecule has 0 aliphatic heterocycles. The number of alkyl halides is 2. The second-order valence-corrected chi connectivity index (χ2v) is 4.97. The van der Waals surface area contributed by atoms with Crippen molar-refractivity contribution in [3.05, 3.63) is 33.8 Å². The van der Waals surface area contributed by atoms with Gasteiger partial charge in [0.05, 0.1) is 10.0 Å². The van der Waals surface area contributed by atoms with E-state index in [4.69, 9.17) is 46.4 Å². The molecular formula is C11H14Cl5N. The van der Waals surface area contributed by atoms with Gasteiger partial charge < -0.3 is 0 Å². The van der Waals surface area contributed by atoms with Crippen LogP contribution in [0.15, 0.2) is 18.2 Å². The van der Waals surface area contributed by atoms with E-state index in [0.29, 0.717) is 21.8 Å². The molecule has 98 valence electrons. The first kappa shape index (κ1) is 17.6. The quantitative estimate of drug-likeness (QED) is 0.680. The van der Waals surface area contributed by atoms with Gasteiger partial charge in [-0.2, -0.15) is 0 Å². The van der Waals surface area contributed by atoms with Crippen molar-refractivity contribution in [1.82, 2.24) is 4.90 Å². The van der Waals surface area contributed by atoms with Gasteiger partial charge in [-0.3, -0.25) is 4.90 Å². The Bertz CT molecular complexity index is 326. The zero-order valence-corrected chi connectivity index (χ0v) is 13.0. The van der Waals surface area contributed by atoms with Crippen molar-refractivity contribution in [2.45, 2.75) is 6.54 Å². The van der Waals surface area contributed by atoms with Gasteiger partial charge in [-0.05, 0) is 17.7 Å². The maximum atomic E-state index is 5.95. The first-order valence-corrected chi connectivity index (χ1v) is 6.78. The predicted molar refractivity (Wildman–Crippen MR) is 80.4 cm³/mol. The first-order valence-electron chi connectivity index (χ1n) is 4.95. The van der Waals surface area contributed by atoms with E-state index >= 15 is 0 Å². The molecule has 0 aliphatic rings. The molecule has 0 fully saturated rings. The Morgan fingerprint density at radius 3 is 2.00 bits per heavy atom. The fourth-order valence-corrected chi connectivity index (χ4v) is 2.20. The van der Waals surface area contributed by atoms with Gasteiger partial charge in [0.2, 0.25) is 0 Å². The summed E-state index contributed by atoms with van der Waals surface area (Å²) < 4.78 is 0. The summed E-state index contributed by atoms with van der Waals surface area (Å²) in [5.41, 5.74) is 1.12. The standard InChI is InChI=1S/C11H13Cl4N.ClH/c12-3-5-16(6-4-13)8-9-1-2-10(14)11(15)7-9;/h1-2,7H,3-6,8H2;1H. The van der Waals surface area contributed by atoms with Crippen molar-refractivity contribution in [1.29, 1.82) is 0 Å². The molecule has 0 unspecified atom stereocenters. The molecule has 1 aromatic carbocycles. The third-order valence-electron chi connectivity index (χ3n) is 2.19. The maximum absolute atomic E-state index is 5.95. The van der Waals surface area contributed by atoms with Crippen molar-refractivity contribution in [3.8, 4) is 0 Å². The number of benzene rings is 1. The first-order chi connectivity index (χ1) is 7.67. The Hall–Kier alpha value is 0.630. The number of hydrogen-bond acceptors (Lipinski definition) is 1. The molecule has 0 bridgehead atoms. The third-order valence-corrected chi connectivity index (χ3v) is 3.27. The number of nitrogens with zero attached hydrogens (tertiary/aromatic N) is 1. The summed E-state index contributed by atoms with van der Waals surface area (Å²) in [6.45, 7) is 2.42. The molecule has 0 aromatic heterocycles. The molecule has 17 heavy (non-hydrogen) atoms. The van der Waals surface area contributed by atoms with E-state index < -0.39 is 0 Å². The molecule has 0 spiro atoms. The summed E-state index contributed by atoms with van der Waals surface area (Å²) in [7, 11) is 0. The minimum absolute atomic E-state index is 0. The number of rotatable bonds is 6. The van der Waals surface area contributed by atoms with Crippen LogP contribution in [0.2, 0.25) is 10.0 Å². The average molecular weight is 338 g/mol. The minimum atomic E-state index is 0. The SMILES string of the molecule is Cl.ClCCN(CCCl)Cc1ccc(Cl)c(Cl)c1. The lowest BCUT2D eigenvalue weighted by Gasteiger charge is -2.20. The van der Waals surface area contributed by atoms with E-state index in [-0.39, 0.29) is 12.4 Å². The Morgan fingerprint density at radius 1 is 0.941 bits per heavy atom. The summed E-state index contributed by atoms with van der Waals surface area (Å²) in [5, 5.41) is 1.16. The summed E-state index contributed by atoms with van der Waals surface area (Å²) in [6.07, 6.45) is 0. The maximum Gasteiger partial charge on any atom is 0.0595 e. The Morgan fingerprint density at radius 2 is 1.53 bits per heavy atom. The van der Waals surface area contributed by atoms with Crippen LogP contribution in [-0.2, 0) is 6.54 Å². The molecule has 1 nitrogen and oxygen atoms in total. The fourth-order valence-electron chi connectivity index (χ4n) is 1.41. The van der Waals surface area contributed by atoms with Crippen molar-refractivity contribution in [3.63, 3.8) is 0 Å². The van der Waals surface area contributed by atoms with Crippen molar-refractivity contribution in [2.75, 3.05) is 24.8 Å². The van der Waals surface area contributed by atoms with Crippen molar-refractivity contribution >= 4 is 58.8 Å². The molecular weight excluding hydrogens is 323 g/mol. The van der Waals surface area contributed by atoms with Crippen LogP contribution in [0, 0.1) is 0 Å². The number of halogens is 5. The molecule has 0 saturated carbocycles. The molecule has 0 atom stereocenters. The van der Waals surface area contributed by atoms with Gasteiger partial charge in [0, 0.05) is 31.4 Å². The van der Waals surface area contributed by atoms with Crippen LogP contribution >= 0.6 is 58.8 Å². The molecule has 0 aliphatic carbocycles. The molecule has 6 heteroatoms. The lowest BCUT2D eigenvalue weighted by Crippen LogP contribution is -2.27. The third kappa shape index (κ3) is 6.37. The lowest BCUT2D eigenvalue weighted by molar-refractivity contribution is 0.299. The summed E-state index contributed by atoms with van der Waals surface area (Å²) in [4.78, 5) is 2.18. The van der Waals surface area contributed by atoms with Crippen LogP contribution < -0.4 is 0 Å². The second kappa shape index (κ2) is 9.55. The van der Waals surface area contributed by atoms with Gasteiger partial charge in [0.15, 0.2) is 0 Å². The number of hydrogen-bond donors (Lipinski definition) is 0. The fraction of sp³-hybridized carbons (Fsp3) is 0.455. The van der Waals surface area contributed by atoms with Gasteiger partial charge in [-0.1, -0.05) is 29.3 Å². The predicted octanol–water partition coefficient (Wildman–Crippen LogP) is 4.69. The van der Waals surface area contributed by atoms with Crippen LogP contribution in [0.25, 0.3) is 0 Å². The summed E-state index contributed by atoms with van der Waals surface area (Å²) >= 11 is 23.2. The second-order valence-electron chi connectivity index (χ2n) is 3.40. The summed E-state index contributed by atoms with van der Waals surface area (Å²) in [5.74, 6) is 1.19. The van der Waals surface area contributed by atoms with Gasteiger partial charge in [-0.15, -0.1) is 35.6 Å². The summed E-state index contributed by atoms with van der Waals surface area (Å²) in [6, 6.07) is 5.64. The highest BCUT2D eigenvalue weighted by atomic mass is 35.5. The lowest BCUT2D eigenvalue weighted by atomic mass is 10.2. The van der Waals surface area contributed by atoms with Crippen LogP contribution in [0.5, 0.6) is 0 Å². The highest BCUT2D eigenvalue weighted by Crippen LogP contribution is 2.23. The van der Waals surface area contributed by atoms with E-state index in [1.165, 1.54) is 0 Å². The highest BCUT2D eigenvalue weighted by molar-refractivity contribution is 6.42. The molecule has 1 rings (SSSR count). The smallest absolute Gasteiger partial charge is 0.0595 e. The molecule has 0 N–H and O–H groups in total. The van der Waals surface area contributed by atoms with E-state index in [9.17, 15) is 0 Å². The average Bonchev–Trinajstić information content (AvgIpc) is 2.24. The highest BCUT2D eigenvalue weighted by Gasteiger charge is 2.06. The van der Waals surface area contributed by atoms with Gasteiger partial charge in [0.25, 0.3) is 0 Å². The van der Waals surface area contributed by atoms with Gasteiger partial charge in [0.1, 0.15) is 0 Å². The Labute approximate surface area is 128 Å². The molecule has 0 heterocycles. The normalized spacial score (nSPS) is 10.4.